The quantitative estimate of drug-likeness (QED) is 0.561. The molecule has 2 aromatic rings. The molecule has 0 spiro atoms. The number of esters is 1. The molecule has 0 unspecified atom stereocenters. The normalized spacial score (nSPS) is 14.3. The molecule has 0 bridgehead atoms. The first kappa shape index (κ1) is 19.9. The van der Waals surface area contributed by atoms with E-state index in [4.69, 9.17) is 16.3 Å². The average molecular weight is 406 g/mol. The number of hydrogen-bond donors (Lipinski definition) is 1. The predicted octanol–water partition coefficient (Wildman–Crippen LogP) is 6.15. The molecule has 0 atom stereocenters. The number of hydrogen-bond acceptors (Lipinski definition) is 4. The summed E-state index contributed by atoms with van der Waals surface area (Å²) in [6, 6.07) is 7.28. The molecule has 1 N–H and O–H groups in total. The maximum absolute atomic E-state index is 12.5. The fourth-order valence-electron chi connectivity index (χ4n) is 3.52. The molecule has 1 aromatic carbocycles. The van der Waals surface area contributed by atoms with Crippen molar-refractivity contribution >= 4 is 39.8 Å². The highest BCUT2D eigenvalue weighted by Gasteiger charge is 2.23. The molecule has 1 saturated carbocycles. The Hall–Kier alpha value is -1.85. The van der Waals surface area contributed by atoms with Gasteiger partial charge in [-0.1, -0.05) is 49.4 Å². The van der Waals surface area contributed by atoms with Crippen LogP contribution in [0.3, 0.4) is 0 Å². The first-order valence-corrected chi connectivity index (χ1v) is 10.7. The zero-order valence-electron chi connectivity index (χ0n) is 15.4. The number of carbonyl (C=O) groups excluding carboxylic acids is 2. The first-order chi connectivity index (χ1) is 13.1. The molecule has 1 aliphatic rings. The van der Waals surface area contributed by atoms with Gasteiger partial charge < -0.3 is 10.1 Å². The third-order valence-corrected chi connectivity index (χ3v) is 6.08. The van der Waals surface area contributed by atoms with Crippen LogP contribution in [0.2, 0.25) is 5.02 Å². The van der Waals surface area contributed by atoms with Gasteiger partial charge in [-0.15, -0.1) is 11.3 Å². The van der Waals surface area contributed by atoms with E-state index in [1.807, 2.05) is 17.5 Å². The van der Waals surface area contributed by atoms with Crippen molar-refractivity contribution in [1.82, 2.24) is 0 Å². The van der Waals surface area contributed by atoms with E-state index in [0.717, 1.165) is 17.5 Å². The summed E-state index contributed by atoms with van der Waals surface area (Å²) in [6.45, 7) is 2.05. The standard InChI is InChI=1S/C21H24ClNO3S/c1-2-26-21(25)19-17(15-8-10-16(22)11-9-15)13-27-20(19)23-18(24)12-7-14-5-3-4-6-14/h8-11,13-14H,2-7,12H2,1H3,(H,23,24). The summed E-state index contributed by atoms with van der Waals surface area (Å²) in [7, 11) is 0. The number of amides is 1. The Labute approximate surface area is 168 Å². The maximum atomic E-state index is 12.5. The Morgan fingerprint density at radius 2 is 1.93 bits per heavy atom. The molecule has 27 heavy (non-hydrogen) atoms. The highest BCUT2D eigenvalue weighted by atomic mass is 35.5. The van der Waals surface area contributed by atoms with Gasteiger partial charge in [0.25, 0.3) is 0 Å². The molecule has 0 radical (unpaired) electrons. The van der Waals surface area contributed by atoms with Crippen molar-refractivity contribution in [2.75, 3.05) is 11.9 Å². The summed E-state index contributed by atoms with van der Waals surface area (Å²) in [6.07, 6.45) is 6.39. The lowest BCUT2D eigenvalue weighted by Gasteiger charge is -2.10. The van der Waals surface area contributed by atoms with E-state index >= 15 is 0 Å². The molecule has 1 aromatic heterocycles. The smallest absolute Gasteiger partial charge is 0.341 e. The summed E-state index contributed by atoms with van der Waals surface area (Å²) in [5.74, 6) is 0.194. The zero-order valence-corrected chi connectivity index (χ0v) is 17.0. The van der Waals surface area contributed by atoms with Crippen LogP contribution >= 0.6 is 22.9 Å². The Kier molecular flexibility index (Phi) is 6.91. The summed E-state index contributed by atoms with van der Waals surface area (Å²) >= 11 is 7.32. The van der Waals surface area contributed by atoms with Crippen LogP contribution in [-0.4, -0.2) is 18.5 Å². The van der Waals surface area contributed by atoms with Crippen molar-refractivity contribution in [2.24, 2.45) is 5.92 Å². The molecule has 1 heterocycles. The Balaban J connectivity index is 1.78. The number of nitrogens with one attached hydrogen (secondary N) is 1. The second kappa shape index (κ2) is 9.38. The summed E-state index contributed by atoms with van der Waals surface area (Å²) in [5.41, 5.74) is 2.03. The van der Waals surface area contributed by atoms with Crippen LogP contribution in [0.25, 0.3) is 11.1 Å². The van der Waals surface area contributed by atoms with Crippen molar-refractivity contribution in [3.8, 4) is 11.1 Å². The second-order valence-corrected chi connectivity index (χ2v) is 8.13. The lowest BCUT2D eigenvalue weighted by Crippen LogP contribution is -2.15. The van der Waals surface area contributed by atoms with Crippen LogP contribution < -0.4 is 5.32 Å². The highest BCUT2D eigenvalue weighted by molar-refractivity contribution is 7.15. The van der Waals surface area contributed by atoms with Crippen molar-refractivity contribution in [2.45, 2.75) is 45.4 Å². The minimum absolute atomic E-state index is 0.0445. The summed E-state index contributed by atoms with van der Waals surface area (Å²) in [5, 5.41) is 5.99. The van der Waals surface area contributed by atoms with E-state index in [9.17, 15) is 9.59 Å². The topological polar surface area (TPSA) is 55.4 Å². The number of halogens is 1. The number of rotatable bonds is 7. The van der Waals surface area contributed by atoms with Gasteiger partial charge in [-0.2, -0.15) is 0 Å². The van der Waals surface area contributed by atoms with Crippen LogP contribution in [-0.2, 0) is 9.53 Å². The number of anilines is 1. The molecule has 0 aliphatic heterocycles. The summed E-state index contributed by atoms with van der Waals surface area (Å²) in [4.78, 5) is 25.0. The van der Waals surface area contributed by atoms with Crippen LogP contribution in [0.5, 0.6) is 0 Å². The zero-order chi connectivity index (χ0) is 19.2. The lowest BCUT2D eigenvalue weighted by atomic mass is 10.0. The van der Waals surface area contributed by atoms with Gasteiger partial charge in [-0.3, -0.25) is 4.79 Å². The van der Waals surface area contributed by atoms with Crippen LogP contribution in [0.4, 0.5) is 5.00 Å². The third kappa shape index (κ3) is 5.11. The minimum Gasteiger partial charge on any atom is -0.462 e. The fourth-order valence-corrected chi connectivity index (χ4v) is 4.62. The predicted molar refractivity (Wildman–Crippen MR) is 111 cm³/mol. The summed E-state index contributed by atoms with van der Waals surface area (Å²) < 4.78 is 5.23. The van der Waals surface area contributed by atoms with Gasteiger partial charge in [0, 0.05) is 22.4 Å². The van der Waals surface area contributed by atoms with Gasteiger partial charge >= 0.3 is 5.97 Å². The number of ether oxygens (including phenoxy) is 1. The van der Waals surface area contributed by atoms with Crippen molar-refractivity contribution < 1.29 is 14.3 Å². The van der Waals surface area contributed by atoms with E-state index in [2.05, 4.69) is 5.32 Å². The number of thiophene rings is 1. The number of carbonyl (C=O) groups is 2. The highest BCUT2D eigenvalue weighted by Crippen LogP contribution is 2.37. The SMILES string of the molecule is CCOC(=O)c1c(-c2ccc(Cl)cc2)csc1NC(=O)CCC1CCCC1. The van der Waals surface area contributed by atoms with Gasteiger partial charge in [0.05, 0.1) is 6.61 Å². The molecule has 144 valence electrons. The maximum Gasteiger partial charge on any atom is 0.341 e. The minimum atomic E-state index is -0.421. The van der Waals surface area contributed by atoms with Crippen molar-refractivity contribution in [3.63, 3.8) is 0 Å². The lowest BCUT2D eigenvalue weighted by molar-refractivity contribution is -0.116. The molecule has 3 rings (SSSR count). The van der Waals surface area contributed by atoms with E-state index < -0.39 is 5.97 Å². The van der Waals surface area contributed by atoms with Crippen molar-refractivity contribution in [1.29, 1.82) is 0 Å². The van der Waals surface area contributed by atoms with Gasteiger partial charge in [0.15, 0.2) is 0 Å². The van der Waals surface area contributed by atoms with Gasteiger partial charge in [0.1, 0.15) is 10.6 Å². The van der Waals surface area contributed by atoms with Crippen LogP contribution in [0.1, 0.15) is 55.8 Å². The first-order valence-electron chi connectivity index (χ1n) is 9.43. The van der Waals surface area contributed by atoms with E-state index in [-0.39, 0.29) is 12.5 Å². The van der Waals surface area contributed by atoms with Crippen molar-refractivity contribution in [3.05, 3.63) is 40.2 Å². The molecule has 1 amide bonds. The Morgan fingerprint density at radius 3 is 2.59 bits per heavy atom. The fraction of sp³-hybridized carbons (Fsp3) is 0.429. The third-order valence-electron chi connectivity index (χ3n) is 4.93. The van der Waals surface area contributed by atoms with E-state index in [1.165, 1.54) is 37.0 Å². The van der Waals surface area contributed by atoms with Gasteiger partial charge in [-0.05, 0) is 37.0 Å². The Morgan fingerprint density at radius 1 is 1.22 bits per heavy atom. The molecule has 0 saturated heterocycles. The monoisotopic (exact) mass is 405 g/mol. The average Bonchev–Trinajstić information content (AvgIpc) is 3.31. The number of benzene rings is 1. The largest absolute Gasteiger partial charge is 0.462 e. The Bertz CT molecular complexity index is 794. The molecular weight excluding hydrogens is 382 g/mol. The van der Waals surface area contributed by atoms with Gasteiger partial charge in [0.2, 0.25) is 5.91 Å². The van der Waals surface area contributed by atoms with Crippen LogP contribution in [0, 0.1) is 5.92 Å². The second-order valence-electron chi connectivity index (χ2n) is 6.82. The van der Waals surface area contributed by atoms with E-state index in [1.54, 1.807) is 19.1 Å². The van der Waals surface area contributed by atoms with Crippen LogP contribution in [0.15, 0.2) is 29.6 Å². The molecule has 1 fully saturated rings. The molecule has 1 aliphatic carbocycles. The van der Waals surface area contributed by atoms with Gasteiger partial charge in [-0.25, -0.2) is 4.79 Å². The molecule has 4 nitrogen and oxygen atoms in total. The molecular formula is C21H24ClNO3S. The molecule has 6 heteroatoms. The van der Waals surface area contributed by atoms with E-state index in [0.29, 0.717) is 27.9 Å².